The Morgan fingerprint density at radius 1 is 0.962 bits per heavy atom. The Bertz CT molecular complexity index is 660. The third kappa shape index (κ3) is 7.83. The molecule has 0 aromatic heterocycles. The van der Waals surface area contributed by atoms with Crippen molar-refractivity contribution in [1.82, 2.24) is 4.72 Å². The zero-order chi connectivity index (χ0) is 19.4. The van der Waals surface area contributed by atoms with Crippen molar-refractivity contribution in [2.45, 2.75) is 83.0 Å². The first-order chi connectivity index (χ1) is 12.4. The van der Waals surface area contributed by atoms with E-state index in [4.69, 9.17) is 0 Å². The number of unbranched alkanes of at least 4 members (excludes halogenated alkanes) is 9. The van der Waals surface area contributed by atoms with Gasteiger partial charge in [-0.1, -0.05) is 76.8 Å². The molecule has 1 aromatic rings. The van der Waals surface area contributed by atoms with Crippen LogP contribution in [0.15, 0.2) is 23.1 Å². The summed E-state index contributed by atoms with van der Waals surface area (Å²) in [6.45, 7) is 4.06. The van der Waals surface area contributed by atoms with Gasteiger partial charge in [-0.2, -0.15) is 0 Å². The summed E-state index contributed by atoms with van der Waals surface area (Å²) in [6, 6.07) is 4.35. The first-order valence-corrected chi connectivity index (χ1v) is 11.1. The van der Waals surface area contributed by atoms with Crippen molar-refractivity contribution in [3.63, 3.8) is 0 Å². The Kier molecular flexibility index (Phi) is 10.4. The molecule has 0 atom stereocenters. The van der Waals surface area contributed by atoms with Crippen LogP contribution in [0.4, 0.5) is 5.69 Å². The van der Waals surface area contributed by atoms with Crippen LogP contribution in [0.2, 0.25) is 0 Å². The number of aryl methyl sites for hydroxylation is 1. The summed E-state index contributed by atoms with van der Waals surface area (Å²) in [4.78, 5) is 10.3. The van der Waals surface area contributed by atoms with Crippen molar-refractivity contribution in [2.24, 2.45) is 0 Å². The lowest BCUT2D eigenvalue weighted by atomic mass is 10.1. The summed E-state index contributed by atoms with van der Waals surface area (Å²) >= 11 is 0. The zero-order valence-corrected chi connectivity index (χ0v) is 16.8. The van der Waals surface area contributed by atoms with Crippen LogP contribution in [0.3, 0.4) is 0 Å². The highest BCUT2D eigenvalue weighted by Gasteiger charge is 2.26. The number of rotatable bonds is 14. The van der Waals surface area contributed by atoms with Crippen molar-refractivity contribution in [2.75, 3.05) is 6.54 Å². The molecule has 7 heteroatoms. The van der Waals surface area contributed by atoms with Crippen LogP contribution in [0, 0.1) is 17.0 Å². The van der Waals surface area contributed by atoms with Gasteiger partial charge in [0.05, 0.1) is 4.92 Å². The van der Waals surface area contributed by atoms with Crippen LogP contribution in [0.5, 0.6) is 0 Å². The largest absolute Gasteiger partial charge is 0.292 e. The topological polar surface area (TPSA) is 89.3 Å². The molecule has 0 aliphatic rings. The number of sulfonamides is 1. The molecule has 0 fully saturated rings. The fourth-order valence-corrected chi connectivity index (χ4v) is 4.30. The number of hydrogen-bond donors (Lipinski definition) is 1. The minimum absolute atomic E-state index is 0.255. The predicted octanol–water partition coefficient (Wildman–Crippen LogP) is 5.10. The van der Waals surface area contributed by atoms with Gasteiger partial charge < -0.3 is 0 Å². The number of hydrogen-bond acceptors (Lipinski definition) is 4. The molecule has 1 aromatic carbocycles. The molecule has 0 saturated heterocycles. The number of nitrogens with one attached hydrogen (secondary N) is 1. The second-order valence-corrected chi connectivity index (χ2v) is 8.49. The van der Waals surface area contributed by atoms with Crippen molar-refractivity contribution >= 4 is 15.7 Å². The van der Waals surface area contributed by atoms with Crippen LogP contribution < -0.4 is 4.72 Å². The molecule has 0 spiro atoms. The van der Waals surface area contributed by atoms with E-state index < -0.39 is 14.9 Å². The summed E-state index contributed by atoms with van der Waals surface area (Å²) in [5, 5.41) is 11.2. The van der Waals surface area contributed by atoms with Crippen LogP contribution >= 0.6 is 0 Å². The van der Waals surface area contributed by atoms with Gasteiger partial charge in [-0.25, -0.2) is 13.1 Å². The number of nitrogens with zero attached hydrogens (tertiary/aromatic N) is 1. The number of nitro groups is 1. The molecular weight excluding hydrogens is 352 g/mol. The van der Waals surface area contributed by atoms with Gasteiger partial charge in [0.15, 0.2) is 4.90 Å². The van der Waals surface area contributed by atoms with Gasteiger partial charge in [-0.15, -0.1) is 0 Å². The molecule has 0 radical (unpaired) electrons. The molecule has 1 N–H and O–H groups in total. The fraction of sp³-hybridized carbons (Fsp3) is 0.684. The summed E-state index contributed by atoms with van der Waals surface area (Å²) < 4.78 is 27.2. The Morgan fingerprint density at radius 3 is 2.04 bits per heavy atom. The molecule has 148 valence electrons. The summed E-state index contributed by atoms with van der Waals surface area (Å²) in [5.74, 6) is 0. The van der Waals surface area contributed by atoms with E-state index in [2.05, 4.69) is 11.6 Å². The Balaban J connectivity index is 2.31. The maximum atomic E-state index is 12.4. The summed E-state index contributed by atoms with van der Waals surface area (Å²) in [5.41, 5.74) is -0.000107. The Labute approximate surface area is 157 Å². The lowest BCUT2D eigenvalue weighted by Crippen LogP contribution is -2.25. The van der Waals surface area contributed by atoms with Gasteiger partial charge in [0.25, 0.3) is 5.69 Å². The molecular formula is C19H32N2O4S. The maximum absolute atomic E-state index is 12.4. The van der Waals surface area contributed by atoms with Gasteiger partial charge in [0, 0.05) is 12.1 Å². The highest BCUT2D eigenvalue weighted by molar-refractivity contribution is 7.89. The standard InChI is InChI=1S/C19H32N2O4S/c1-3-4-5-6-7-8-9-10-11-12-16-20-26(24,25)18-15-13-14-17(2)19(18)21(22)23/h13-15,20H,3-12,16H2,1-2H3. The number of para-hydroxylation sites is 1. The smallest absolute Gasteiger partial charge is 0.258 e. The van der Waals surface area contributed by atoms with Crippen molar-refractivity contribution in [1.29, 1.82) is 0 Å². The normalized spacial score (nSPS) is 11.6. The van der Waals surface area contributed by atoms with Crippen LogP contribution in [-0.2, 0) is 10.0 Å². The lowest BCUT2D eigenvalue weighted by molar-refractivity contribution is -0.388. The molecule has 0 unspecified atom stereocenters. The van der Waals surface area contributed by atoms with E-state index in [9.17, 15) is 18.5 Å². The van der Waals surface area contributed by atoms with Crippen LogP contribution in [0.1, 0.15) is 76.7 Å². The lowest BCUT2D eigenvalue weighted by Gasteiger charge is -2.08. The number of benzene rings is 1. The van der Waals surface area contributed by atoms with E-state index in [0.717, 1.165) is 19.3 Å². The maximum Gasteiger partial charge on any atom is 0.292 e. The quantitative estimate of drug-likeness (QED) is 0.274. The van der Waals surface area contributed by atoms with E-state index in [0.29, 0.717) is 12.1 Å². The van der Waals surface area contributed by atoms with Gasteiger partial charge in [0.2, 0.25) is 10.0 Å². The van der Waals surface area contributed by atoms with E-state index in [-0.39, 0.29) is 10.6 Å². The van der Waals surface area contributed by atoms with Gasteiger partial charge in [-0.3, -0.25) is 10.1 Å². The zero-order valence-electron chi connectivity index (χ0n) is 16.0. The van der Waals surface area contributed by atoms with Gasteiger partial charge in [0.1, 0.15) is 0 Å². The SMILES string of the molecule is CCCCCCCCCCCCNS(=O)(=O)c1cccc(C)c1[N+](=O)[O-]. The average Bonchev–Trinajstić information content (AvgIpc) is 2.59. The molecule has 0 saturated carbocycles. The Morgan fingerprint density at radius 2 is 1.50 bits per heavy atom. The van der Waals surface area contributed by atoms with Crippen LogP contribution in [-0.4, -0.2) is 19.9 Å². The average molecular weight is 385 g/mol. The molecule has 0 aliphatic heterocycles. The third-order valence-electron chi connectivity index (χ3n) is 4.50. The monoisotopic (exact) mass is 384 g/mol. The second kappa shape index (κ2) is 12.0. The summed E-state index contributed by atoms with van der Waals surface area (Å²) in [7, 11) is -3.86. The Hall–Kier alpha value is -1.47. The summed E-state index contributed by atoms with van der Waals surface area (Å²) in [6.07, 6.45) is 11.7. The van der Waals surface area contributed by atoms with E-state index in [1.807, 2.05) is 0 Å². The minimum atomic E-state index is -3.86. The van der Waals surface area contributed by atoms with Crippen LogP contribution in [0.25, 0.3) is 0 Å². The predicted molar refractivity (Wildman–Crippen MR) is 105 cm³/mol. The molecule has 26 heavy (non-hydrogen) atoms. The highest BCUT2D eigenvalue weighted by Crippen LogP contribution is 2.27. The highest BCUT2D eigenvalue weighted by atomic mass is 32.2. The molecule has 6 nitrogen and oxygen atoms in total. The molecule has 1 rings (SSSR count). The second-order valence-electron chi connectivity index (χ2n) is 6.76. The van der Waals surface area contributed by atoms with E-state index in [1.54, 1.807) is 13.0 Å². The van der Waals surface area contributed by atoms with Crippen molar-refractivity contribution in [3.8, 4) is 0 Å². The number of nitro benzene ring substituents is 1. The van der Waals surface area contributed by atoms with Gasteiger partial charge in [-0.05, 0) is 19.4 Å². The van der Waals surface area contributed by atoms with Gasteiger partial charge >= 0.3 is 0 Å². The molecule has 0 amide bonds. The van der Waals surface area contributed by atoms with Crippen molar-refractivity contribution < 1.29 is 13.3 Å². The minimum Gasteiger partial charge on any atom is -0.258 e. The van der Waals surface area contributed by atoms with E-state index >= 15 is 0 Å². The van der Waals surface area contributed by atoms with E-state index in [1.165, 1.54) is 57.1 Å². The third-order valence-corrected chi connectivity index (χ3v) is 5.99. The first-order valence-electron chi connectivity index (χ1n) is 9.64. The molecule has 0 aliphatic carbocycles. The first kappa shape index (κ1) is 22.6. The molecule has 0 heterocycles. The molecule has 0 bridgehead atoms. The fourth-order valence-electron chi connectivity index (χ4n) is 2.98. The van der Waals surface area contributed by atoms with Crippen molar-refractivity contribution in [3.05, 3.63) is 33.9 Å².